The molecule has 0 aromatic carbocycles. The molecule has 3 rings (SSSR count). The summed E-state index contributed by atoms with van der Waals surface area (Å²) < 4.78 is 10.2. The maximum atomic E-state index is 12.5. The maximum Gasteiger partial charge on any atom is 0.350 e. The van der Waals surface area contributed by atoms with Gasteiger partial charge in [-0.25, -0.2) is 9.78 Å². The zero-order valence-corrected chi connectivity index (χ0v) is 15.3. The maximum absolute atomic E-state index is 12.5. The van der Waals surface area contributed by atoms with Crippen LogP contribution in [0.3, 0.4) is 0 Å². The second-order valence-electron chi connectivity index (χ2n) is 5.90. The Kier molecular flexibility index (Phi) is 5.36. The minimum absolute atomic E-state index is 0.0934. The van der Waals surface area contributed by atoms with Gasteiger partial charge in [-0.2, -0.15) is 0 Å². The van der Waals surface area contributed by atoms with Gasteiger partial charge >= 0.3 is 5.97 Å². The van der Waals surface area contributed by atoms with Crippen LogP contribution in [0.5, 0.6) is 0 Å². The number of nitrogens with one attached hydrogen (secondary N) is 1. The van der Waals surface area contributed by atoms with E-state index in [4.69, 9.17) is 9.15 Å². The molecule has 1 unspecified atom stereocenters. The van der Waals surface area contributed by atoms with Crippen LogP contribution in [0.2, 0.25) is 0 Å². The molecule has 8 nitrogen and oxygen atoms in total. The third-order valence-corrected chi connectivity index (χ3v) is 5.05. The van der Waals surface area contributed by atoms with Crippen molar-refractivity contribution in [2.24, 2.45) is 5.92 Å². The number of carbonyl (C=O) groups excluding carboxylic acids is 3. The third-order valence-electron chi connectivity index (χ3n) is 4.00. The van der Waals surface area contributed by atoms with Gasteiger partial charge in [-0.3, -0.25) is 9.59 Å². The van der Waals surface area contributed by atoms with E-state index in [1.54, 1.807) is 37.1 Å². The van der Waals surface area contributed by atoms with Crippen molar-refractivity contribution in [2.75, 3.05) is 18.5 Å². The van der Waals surface area contributed by atoms with Gasteiger partial charge in [-0.15, -0.1) is 0 Å². The van der Waals surface area contributed by atoms with Crippen LogP contribution in [-0.2, 0) is 20.9 Å². The summed E-state index contributed by atoms with van der Waals surface area (Å²) in [6.07, 6.45) is 1.69. The first-order valence-corrected chi connectivity index (χ1v) is 9.05. The molecule has 0 aliphatic carbocycles. The Morgan fingerprint density at radius 2 is 2.31 bits per heavy atom. The molecule has 0 saturated carbocycles. The standard InChI is InChI=1S/C17H19N3O5S/c1-3-24-16(23)14-10(2)18-17(26-14)19-15(22)11-7-13(21)20(8-11)9-12-5-4-6-25-12/h4-6,11H,3,7-9H2,1-2H3,(H,18,19,22). The van der Waals surface area contributed by atoms with E-state index in [9.17, 15) is 14.4 Å². The van der Waals surface area contributed by atoms with Crippen LogP contribution in [0, 0.1) is 12.8 Å². The van der Waals surface area contributed by atoms with Crippen LogP contribution in [0.1, 0.15) is 34.5 Å². The lowest BCUT2D eigenvalue weighted by atomic mass is 10.1. The number of amides is 2. The van der Waals surface area contributed by atoms with Gasteiger partial charge in [0.25, 0.3) is 0 Å². The van der Waals surface area contributed by atoms with Crippen LogP contribution in [-0.4, -0.2) is 40.8 Å². The predicted octanol–water partition coefficient (Wildman–Crippen LogP) is 2.21. The second kappa shape index (κ2) is 7.69. The number of aromatic nitrogens is 1. The number of nitrogens with zero attached hydrogens (tertiary/aromatic N) is 2. The summed E-state index contributed by atoms with van der Waals surface area (Å²) in [4.78, 5) is 42.6. The summed E-state index contributed by atoms with van der Waals surface area (Å²) >= 11 is 1.07. The number of carbonyl (C=O) groups is 3. The molecule has 9 heteroatoms. The van der Waals surface area contributed by atoms with Crippen molar-refractivity contribution in [2.45, 2.75) is 26.8 Å². The van der Waals surface area contributed by atoms with Gasteiger partial charge in [0.2, 0.25) is 11.8 Å². The Balaban J connectivity index is 1.61. The van der Waals surface area contributed by atoms with E-state index in [-0.39, 0.29) is 24.8 Å². The molecular formula is C17H19N3O5S. The molecule has 0 spiro atoms. The van der Waals surface area contributed by atoms with E-state index < -0.39 is 11.9 Å². The summed E-state index contributed by atoms with van der Waals surface area (Å²) in [5.74, 6) is -0.626. The number of anilines is 1. The largest absolute Gasteiger partial charge is 0.467 e. The normalized spacial score (nSPS) is 16.8. The van der Waals surface area contributed by atoms with Crippen molar-refractivity contribution in [3.05, 3.63) is 34.7 Å². The van der Waals surface area contributed by atoms with Crippen molar-refractivity contribution < 1.29 is 23.5 Å². The number of rotatable bonds is 6. The first-order chi connectivity index (χ1) is 12.5. The van der Waals surface area contributed by atoms with Gasteiger partial charge in [0, 0.05) is 13.0 Å². The number of hydrogen-bond acceptors (Lipinski definition) is 7. The monoisotopic (exact) mass is 377 g/mol. The predicted molar refractivity (Wildman–Crippen MR) is 93.7 cm³/mol. The molecule has 1 aliphatic rings. The average Bonchev–Trinajstić information content (AvgIpc) is 3.30. The molecule has 1 fully saturated rings. The Hall–Kier alpha value is -2.68. The Morgan fingerprint density at radius 3 is 3.00 bits per heavy atom. The summed E-state index contributed by atoms with van der Waals surface area (Å²) in [7, 11) is 0. The van der Waals surface area contributed by atoms with Crippen molar-refractivity contribution in [1.82, 2.24) is 9.88 Å². The summed E-state index contributed by atoms with van der Waals surface area (Å²) in [6.45, 7) is 4.35. The number of aryl methyl sites for hydroxylation is 1. The van der Waals surface area contributed by atoms with Crippen molar-refractivity contribution in [3.8, 4) is 0 Å². The molecule has 26 heavy (non-hydrogen) atoms. The van der Waals surface area contributed by atoms with Gasteiger partial charge in [-0.1, -0.05) is 11.3 Å². The van der Waals surface area contributed by atoms with Gasteiger partial charge in [0.1, 0.15) is 10.6 Å². The van der Waals surface area contributed by atoms with Crippen LogP contribution < -0.4 is 5.32 Å². The highest BCUT2D eigenvalue weighted by Crippen LogP contribution is 2.26. The molecule has 2 aromatic rings. The van der Waals surface area contributed by atoms with E-state index in [0.717, 1.165) is 11.3 Å². The lowest BCUT2D eigenvalue weighted by molar-refractivity contribution is -0.128. The Bertz CT molecular complexity index is 814. The number of thiazole rings is 1. The third kappa shape index (κ3) is 3.93. The lowest BCUT2D eigenvalue weighted by Gasteiger charge is -2.14. The molecule has 0 bridgehead atoms. The zero-order valence-electron chi connectivity index (χ0n) is 14.5. The molecule has 1 N–H and O–H groups in total. The number of likely N-dealkylation sites (tertiary alicyclic amines) is 1. The van der Waals surface area contributed by atoms with Crippen molar-refractivity contribution in [3.63, 3.8) is 0 Å². The summed E-state index contributed by atoms with van der Waals surface area (Å²) in [6, 6.07) is 3.54. The topological polar surface area (TPSA) is 102 Å². The fraction of sp³-hybridized carbons (Fsp3) is 0.412. The van der Waals surface area contributed by atoms with Crippen LogP contribution in [0.25, 0.3) is 0 Å². The number of furan rings is 1. The van der Waals surface area contributed by atoms with E-state index in [1.165, 1.54) is 0 Å². The first-order valence-electron chi connectivity index (χ1n) is 8.23. The van der Waals surface area contributed by atoms with Crippen LogP contribution in [0.4, 0.5) is 5.13 Å². The molecular weight excluding hydrogens is 358 g/mol. The number of ether oxygens (including phenoxy) is 1. The average molecular weight is 377 g/mol. The Morgan fingerprint density at radius 1 is 1.50 bits per heavy atom. The van der Waals surface area contributed by atoms with E-state index >= 15 is 0 Å². The fourth-order valence-corrected chi connectivity index (χ4v) is 3.60. The van der Waals surface area contributed by atoms with Crippen LogP contribution >= 0.6 is 11.3 Å². The highest BCUT2D eigenvalue weighted by Gasteiger charge is 2.35. The van der Waals surface area contributed by atoms with Crippen molar-refractivity contribution in [1.29, 1.82) is 0 Å². The molecule has 2 amide bonds. The highest BCUT2D eigenvalue weighted by atomic mass is 32.1. The quantitative estimate of drug-likeness (QED) is 0.775. The molecule has 3 heterocycles. The van der Waals surface area contributed by atoms with Gasteiger partial charge in [0.15, 0.2) is 5.13 Å². The highest BCUT2D eigenvalue weighted by molar-refractivity contribution is 7.17. The van der Waals surface area contributed by atoms with Crippen molar-refractivity contribution >= 4 is 34.3 Å². The lowest BCUT2D eigenvalue weighted by Crippen LogP contribution is -2.27. The number of esters is 1. The number of hydrogen-bond donors (Lipinski definition) is 1. The minimum atomic E-state index is -0.465. The van der Waals surface area contributed by atoms with Gasteiger partial charge in [-0.05, 0) is 26.0 Å². The summed E-state index contributed by atoms with van der Waals surface area (Å²) in [5, 5.41) is 3.03. The zero-order chi connectivity index (χ0) is 18.7. The molecule has 2 aromatic heterocycles. The smallest absolute Gasteiger partial charge is 0.350 e. The molecule has 138 valence electrons. The first kappa shape index (κ1) is 18.1. The molecule has 1 atom stereocenters. The molecule has 1 saturated heterocycles. The van der Waals surface area contributed by atoms with E-state index in [1.807, 2.05) is 0 Å². The van der Waals surface area contributed by atoms with Gasteiger partial charge < -0.3 is 19.4 Å². The fourth-order valence-electron chi connectivity index (χ4n) is 2.73. The van der Waals surface area contributed by atoms with Gasteiger partial charge in [0.05, 0.1) is 31.0 Å². The molecule has 0 radical (unpaired) electrons. The minimum Gasteiger partial charge on any atom is -0.467 e. The molecule has 1 aliphatic heterocycles. The SMILES string of the molecule is CCOC(=O)c1sc(NC(=O)C2CC(=O)N(Cc3ccco3)C2)nc1C. The van der Waals surface area contributed by atoms with E-state index in [2.05, 4.69) is 10.3 Å². The Labute approximate surface area is 154 Å². The van der Waals surface area contributed by atoms with E-state index in [0.29, 0.717) is 34.6 Å². The summed E-state index contributed by atoms with van der Waals surface area (Å²) in [5.41, 5.74) is 0.505. The van der Waals surface area contributed by atoms with Crippen LogP contribution in [0.15, 0.2) is 22.8 Å². The second-order valence-corrected chi connectivity index (χ2v) is 6.90.